The van der Waals surface area contributed by atoms with Crippen molar-refractivity contribution in [2.45, 2.75) is 17.1 Å². The molecule has 0 spiro atoms. The Labute approximate surface area is 245 Å². The van der Waals surface area contributed by atoms with Crippen molar-refractivity contribution in [1.29, 1.82) is 0 Å². The second-order valence-corrected chi connectivity index (χ2v) is 10.5. The summed E-state index contributed by atoms with van der Waals surface area (Å²) in [5.41, 5.74) is 1.92. The van der Waals surface area contributed by atoms with E-state index in [2.05, 4.69) is 16.0 Å². The Morgan fingerprint density at radius 2 is 1.36 bits per heavy atom. The van der Waals surface area contributed by atoms with Crippen LogP contribution in [-0.2, 0) is 9.59 Å². The topological polar surface area (TPSA) is 125 Å². The van der Waals surface area contributed by atoms with Crippen LogP contribution in [0.4, 0.5) is 15.8 Å². The Kier molecular flexibility index (Phi) is 9.85. The maximum Gasteiger partial charge on any atom is 0.335 e. The SMILES string of the molecule is CC(Sc1ccc(NC(=O)/C(=C/c2ccc(F)cc2)NC(=O)c2ccccc2)cc1)C(=O)Nc1ccc(C(=O)O)cc1. The Morgan fingerprint density at radius 1 is 0.762 bits per heavy atom. The summed E-state index contributed by atoms with van der Waals surface area (Å²) in [6, 6.07) is 26.6. The van der Waals surface area contributed by atoms with E-state index in [1.165, 1.54) is 66.4 Å². The average molecular weight is 584 g/mol. The molecule has 1 unspecified atom stereocenters. The number of nitrogens with one attached hydrogen (secondary N) is 3. The molecule has 42 heavy (non-hydrogen) atoms. The minimum absolute atomic E-state index is 0.0319. The van der Waals surface area contributed by atoms with Crippen molar-refractivity contribution < 1.29 is 28.7 Å². The monoisotopic (exact) mass is 583 g/mol. The first-order valence-electron chi connectivity index (χ1n) is 12.7. The zero-order chi connectivity index (χ0) is 30.1. The van der Waals surface area contributed by atoms with Gasteiger partial charge in [0.05, 0.1) is 10.8 Å². The third-order valence-corrected chi connectivity index (χ3v) is 7.02. The van der Waals surface area contributed by atoms with Gasteiger partial charge in [-0.1, -0.05) is 30.3 Å². The molecule has 0 aromatic heterocycles. The summed E-state index contributed by atoms with van der Waals surface area (Å²) in [7, 11) is 0. The number of anilines is 2. The fraction of sp³-hybridized carbons (Fsp3) is 0.0625. The molecule has 1 atom stereocenters. The number of carbonyl (C=O) groups is 4. The van der Waals surface area contributed by atoms with Gasteiger partial charge in [0.2, 0.25) is 5.91 Å². The molecule has 4 aromatic rings. The summed E-state index contributed by atoms with van der Waals surface area (Å²) in [5, 5.41) is 16.7. The summed E-state index contributed by atoms with van der Waals surface area (Å²) in [4.78, 5) is 50.3. The number of rotatable bonds is 10. The fourth-order valence-corrected chi connectivity index (χ4v) is 4.55. The molecule has 3 amide bonds. The van der Waals surface area contributed by atoms with E-state index in [1.54, 1.807) is 61.5 Å². The lowest BCUT2D eigenvalue weighted by Gasteiger charge is -2.14. The number of hydrogen-bond donors (Lipinski definition) is 4. The minimum Gasteiger partial charge on any atom is -0.478 e. The molecule has 0 saturated heterocycles. The molecule has 4 aromatic carbocycles. The van der Waals surface area contributed by atoms with Crippen molar-refractivity contribution in [2.75, 3.05) is 10.6 Å². The first-order valence-corrected chi connectivity index (χ1v) is 13.6. The third kappa shape index (κ3) is 8.39. The van der Waals surface area contributed by atoms with Crippen LogP contribution in [0.1, 0.15) is 33.2 Å². The van der Waals surface area contributed by atoms with Crippen LogP contribution in [0.3, 0.4) is 0 Å². The van der Waals surface area contributed by atoms with Crippen molar-refractivity contribution in [3.05, 3.63) is 131 Å². The van der Waals surface area contributed by atoms with Gasteiger partial charge in [-0.2, -0.15) is 0 Å². The van der Waals surface area contributed by atoms with E-state index in [0.717, 1.165) is 4.90 Å². The number of aromatic carboxylic acids is 1. The molecule has 0 radical (unpaired) electrons. The van der Waals surface area contributed by atoms with Crippen LogP contribution >= 0.6 is 11.8 Å². The van der Waals surface area contributed by atoms with Crippen LogP contribution in [0.5, 0.6) is 0 Å². The van der Waals surface area contributed by atoms with Crippen LogP contribution in [0.2, 0.25) is 0 Å². The Morgan fingerprint density at radius 3 is 1.98 bits per heavy atom. The molecule has 4 rings (SSSR count). The van der Waals surface area contributed by atoms with Crippen LogP contribution in [0.15, 0.2) is 114 Å². The van der Waals surface area contributed by atoms with Crippen LogP contribution in [0.25, 0.3) is 6.08 Å². The molecule has 0 saturated carbocycles. The van der Waals surface area contributed by atoms with E-state index in [-0.39, 0.29) is 17.2 Å². The van der Waals surface area contributed by atoms with E-state index in [0.29, 0.717) is 22.5 Å². The molecule has 4 N–H and O–H groups in total. The van der Waals surface area contributed by atoms with Crippen molar-refractivity contribution in [1.82, 2.24) is 5.32 Å². The van der Waals surface area contributed by atoms with Crippen molar-refractivity contribution in [3.63, 3.8) is 0 Å². The lowest BCUT2D eigenvalue weighted by atomic mass is 10.1. The van der Waals surface area contributed by atoms with Gasteiger partial charge in [-0.25, -0.2) is 9.18 Å². The van der Waals surface area contributed by atoms with Gasteiger partial charge in [0.1, 0.15) is 11.5 Å². The number of amides is 3. The molecular weight excluding hydrogens is 557 g/mol. The maximum atomic E-state index is 13.4. The standard InChI is InChI=1S/C32H26FN3O5S/c1-20(29(37)34-25-13-9-23(10-14-25)32(40)41)42-27-17-15-26(16-18-27)35-31(39)28(19-21-7-11-24(33)12-8-21)36-30(38)22-5-3-2-4-6-22/h2-20H,1H3,(H,34,37)(H,35,39)(H,36,38)(H,40,41)/b28-19-. The molecule has 10 heteroatoms. The summed E-state index contributed by atoms with van der Waals surface area (Å²) in [6.45, 7) is 1.74. The minimum atomic E-state index is -1.05. The lowest BCUT2D eigenvalue weighted by Crippen LogP contribution is -2.30. The number of thioether (sulfide) groups is 1. The molecule has 8 nitrogen and oxygen atoms in total. The number of carboxylic acid groups (broad SMARTS) is 1. The van der Waals surface area contributed by atoms with Crippen molar-refractivity contribution in [2.24, 2.45) is 0 Å². The van der Waals surface area contributed by atoms with Gasteiger partial charge in [-0.05, 0) is 91.4 Å². The number of hydrogen-bond acceptors (Lipinski definition) is 5. The average Bonchev–Trinajstić information content (AvgIpc) is 2.99. The maximum absolute atomic E-state index is 13.4. The lowest BCUT2D eigenvalue weighted by molar-refractivity contribution is -0.115. The summed E-state index contributed by atoms with van der Waals surface area (Å²) >= 11 is 1.30. The number of carboxylic acids is 1. The van der Waals surface area contributed by atoms with Crippen LogP contribution in [-0.4, -0.2) is 34.0 Å². The van der Waals surface area contributed by atoms with E-state index in [4.69, 9.17) is 5.11 Å². The Bertz CT molecular complexity index is 1610. The van der Waals surface area contributed by atoms with E-state index in [9.17, 15) is 23.6 Å². The van der Waals surface area contributed by atoms with Gasteiger partial charge >= 0.3 is 5.97 Å². The van der Waals surface area contributed by atoms with Gasteiger partial charge in [-0.3, -0.25) is 14.4 Å². The number of benzene rings is 4. The molecule has 0 aliphatic carbocycles. The van der Waals surface area contributed by atoms with Gasteiger partial charge in [0.25, 0.3) is 11.8 Å². The third-order valence-electron chi connectivity index (χ3n) is 5.90. The highest BCUT2D eigenvalue weighted by atomic mass is 32.2. The largest absolute Gasteiger partial charge is 0.478 e. The Hall–Kier alpha value is -5.22. The van der Waals surface area contributed by atoms with Gasteiger partial charge in [0, 0.05) is 21.8 Å². The number of halogens is 1. The van der Waals surface area contributed by atoms with Gasteiger partial charge in [-0.15, -0.1) is 11.8 Å². The first-order chi connectivity index (χ1) is 20.2. The van der Waals surface area contributed by atoms with Crippen LogP contribution in [0, 0.1) is 5.82 Å². The molecule has 0 bridgehead atoms. The predicted octanol–water partition coefficient (Wildman–Crippen LogP) is 6.05. The van der Waals surface area contributed by atoms with Crippen molar-refractivity contribution in [3.8, 4) is 0 Å². The summed E-state index contributed by atoms with van der Waals surface area (Å²) < 4.78 is 13.4. The predicted molar refractivity (Wildman–Crippen MR) is 161 cm³/mol. The Balaban J connectivity index is 1.40. The van der Waals surface area contributed by atoms with Gasteiger partial charge < -0.3 is 21.1 Å². The van der Waals surface area contributed by atoms with E-state index >= 15 is 0 Å². The van der Waals surface area contributed by atoms with Gasteiger partial charge in [0.15, 0.2) is 0 Å². The normalized spacial score (nSPS) is 11.7. The quantitative estimate of drug-likeness (QED) is 0.133. The van der Waals surface area contributed by atoms with E-state index < -0.39 is 28.9 Å². The molecule has 212 valence electrons. The number of carbonyl (C=O) groups excluding carboxylic acids is 3. The summed E-state index contributed by atoms with van der Waals surface area (Å²) in [6.07, 6.45) is 1.45. The summed E-state index contributed by atoms with van der Waals surface area (Å²) in [5.74, 6) is -2.79. The zero-order valence-electron chi connectivity index (χ0n) is 22.3. The molecule has 0 aliphatic heterocycles. The molecule has 0 aliphatic rings. The smallest absolute Gasteiger partial charge is 0.335 e. The molecule has 0 heterocycles. The van der Waals surface area contributed by atoms with E-state index in [1.807, 2.05) is 0 Å². The zero-order valence-corrected chi connectivity index (χ0v) is 23.2. The highest BCUT2D eigenvalue weighted by molar-refractivity contribution is 8.00. The van der Waals surface area contributed by atoms with Crippen molar-refractivity contribution >= 4 is 52.9 Å². The highest BCUT2D eigenvalue weighted by Gasteiger charge is 2.17. The second kappa shape index (κ2) is 13.9. The second-order valence-electron chi connectivity index (χ2n) is 9.04. The van der Waals surface area contributed by atoms with Crippen LogP contribution < -0.4 is 16.0 Å². The first kappa shape index (κ1) is 29.8. The molecular formula is C32H26FN3O5S. The fourth-order valence-electron chi connectivity index (χ4n) is 3.68. The molecule has 0 fully saturated rings. The highest BCUT2D eigenvalue weighted by Crippen LogP contribution is 2.26.